The van der Waals surface area contributed by atoms with Crippen LogP contribution in [-0.4, -0.2) is 47.7 Å². The molecule has 1 fully saturated rings. The summed E-state index contributed by atoms with van der Waals surface area (Å²) < 4.78 is 4.91. The first-order valence-electron chi connectivity index (χ1n) is 6.21. The van der Waals surface area contributed by atoms with E-state index in [9.17, 15) is 14.7 Å². The number of rotatable bonds is 5. The van der Waals surface area contributed by atoms with Crippen LogP contribution in [0, 0.1) is 5.41 Å². The Labute approximate surface area is 108 Å². The largest absolute Gasteiger partial charge is 0.388 e. The summed E-state index contributed by atoms with van der Waals surface area (Å²) in [5.74, 6) is -0.400. The average molecular weight is 257 g/mol. The van der Waals surface area contributed by atoms with Crippen molar-refractivity contribution in [2.24, 2.45) is 5.41 Å². The molecule has 1 rings (SSSR count). The summed E-state index contributed by atoms with van der Waals surface area (Å²) in [5, 5.41) is 10.1. The molecule has 1 atom stereocenters. The Bertz CT molecular complexity index is 316. The molecule has 0 aliphatic carbocycles. The summed E-state index contributed by atoms with van der Waals surface area (Å²) in [7, 11) is 1.55. The van der Waals surface area contributed by atoms with E-state index in [0.717, 1.165) is 0 Å². The maximum Gasteiger partial charge on any atom is 0.229 e. The maximum atomic E-state index is 11.9. The number of carbonyl (C=O) groups excluding carboxylic acids is 2. The Morgan fingerprint density at radius 3 is 2.28 bits per heavy atom. The molecular weight excluding hydrogens is 234 g/mol. The van der Waals surface area contributed by atoms with Crippen LogP contribution < -0.4 is 0 Å². The van der Waals surface area contributed by atoms with Crippen molar-refractivity contribution in [1.29, 1.82) is 0 Å². The molecule has 2 amide bonds. The topological polar surface area (TPSA) is 66.8 Å². The van der Waals surface area contributed by atoms with Gasteiger partial charge in [0.2, 0.25) is 11.8 Å². The minimum atomic E-state index is -1.09. The highest BCUT2D eigenvalue weighted by atomic mass is 16.5. The number of hydrogen-bond donors (Lipinski definition) is 1. The smallest absolute Gasteiger partial charge is 0.229 e. The van der Waals surface area contributed by atoms with Crippen LogP contribution >= 0.6 is 0 Å². The molecule has 18 heavy (non-hydrogen) atoms. The van der Waals surface area contributed by atoms with Crippen molar-refractivity contribution in [2.75, 3.05) is 20.3 Å². The molecule has 0 aromatic carbocycles. The molecule has 1 unspecified atom stereocenters. The number of carbonyl (C=O) groups is 2. The summed E-state index contributed by atoms with van der Waals surface area (Å²) in [4.78, 5) is 25.1. The maximum absolute atomic E-state index is 11.9. The van der Waals surface area contributed by atoms with Crippen molar-refractivity contribution in [3.63, 3.8) is 0 Å². The van der Waals surface area contributed by atoms with Crippen LogP contribution in [0.3, 0.4) is 0 Å². The molecule has 1 saturated heterocycles. The number of ether oxygens (including phenoxy) is 1. The third kappa shape index (κ3) is 4.07. The number of β-amino-alcohol motifs (C(OH)–C–C–N with tert-alkyl or cyclic N) is 1. The van der Waals surface area contributed by atoms with Crippen LogP contribution in [0.4, 0.5) is 0 Å². The van der Waals surface area contributed by atoms with E-state index in [4.69, 9.17) is 4.74 Å². The Kier molecular flexibility index (Phi) is 4.50. The van der Waals surface area contributed by atoms with Crippen molar-refractivity contribution in [3.8, 4) is 0 Å². The van der Waals surface area contributed by atoms with Crippen LogP contribution in [-0.2, 0) is 14.3 Å². The number of piperidine rings is 1. The summed E-state index contributed by atoms with van der Waals surface area (Å²) in [6.45, 7) is 5.87. The molecule has 5 heteroatoms. The highest BCUT2D eigenvalue weighted by Gasteiger charge is 2.39. The molecule has 1 aliphatic heterocycles. The van der Waals surface area contributed by atoms with Crippen molar-refractivity contribution in [2.45, 2.75) is 45.6 Å². The normalized spacial score (nSPS) is 23.1. The van der Waals surface area contributed by atoms with Gasteiger partial charge in [-0.05, 0) is 12.3 Å². The monoisotopic (exact) mass is 257 g/mol. The Hall–Kier alpha value is -0.940. The lowest BCUT2D eigenvalue weighted by Crippen LogP contribution is -2.52. The third-order valence-electron chi connectivity index (χ3n) is 3.21. The number of nitrogens with zero attached hydrogens (tertiary/aromatic N) is 1. The number of hydrogen-bond acceptors (Lipinski definition) is 4. The summed E-state index contributed by atoms with van der Waals surface area (Å²) in [5.41, 5.74) is -1.37. The van der Waals surface area contributed by atoms with E-state index in [0.29, 0.717) is 25.9 Å². The molecule has 1 aliphatic rings. The second-order valence-electron chi connectivity index (χ2n) is 6.13. The van der Waals surface area contributed by atoms with Gasteiger partial charge in [-0.1, -0.05) is 13.8 Å². The minimum absolute atomic E-state index is 0.0457. The van der Waals surface area contributed by atoms with Crippen LogP contribution in [0.1, 0.15) is 40.0 Å². The summed E-state index contributed by atoms with van der Waals surface area (Å²) >= 11 is 0. The first kappa shape index (κ1) is 15.1. The Balaban J connectivity index is 2.67. The molecule has 0 saturated carbocycles. The number of methoxy groups -OCH3 is 1. The number of likely N-dealkylation sites (tertiary alicyclic amines) is 1. The average Bonchev–Trinajstić information content (AvgIpc) is 2.20. The standard InChI is InChI=1S/C13H23NO4/c1-12(2)7-10(15)14(11(16)8-12)9-13(3,17)5-6-18-4/h17H,5-9H2,1-4H3. The van der Waals surface area contributed by atoms with Gasteiger partial charge >= 0.3 is 0 Å². The van der Waals surface area contributed by atoms with E-state index in [-0.39, 0.29) is 23.8 Å². The van der Waals surface area contributed by atoms with Gasteiger partial charge in [-0.25, -0.2) is 0 Å². The predicted molar refractivity (Wildman–Crippen MR) is 66.9 cm³/mol. The van der Waals surface area contributed by atoms with Gasteiger partial charge in [0, 0.05) is 33.0 Å². The number of imide groups is 1. The first-order valence-corrected chi connectivity index (χ1v) is 6.21. The van der Waals surface area contributed by atoms with Crippen molar-refractivity contribution >= 4 is 11.8 Å². The third-order valence-corrected chi connectivity index (χ3v) is 3.21. The molecule has 0 radical (unpaired) electrons. The molecule has 5 nitrogen and oxygen atoms in total. The van der Waals surface area contributed by atoms with Gasteiger partial charge < -0.3 is 9.84 Å². The molecule has 1 heterocycles. The fourth-order valence-electron chi connectivity index (χ4n) is 2.13. The summed E-state index contributed by atoms with van der Waals surface area (Å²) in [6, 6.07) is 0. The zero-order chi connectivity index (χ0) is 14.0. The van der Waals surface area contributed by atoms with E-state index >= 15 is 0 Å². The fourth-order valence-corrected chi connectivity index (χ4v) is 2.13. The van der Waals surface area contributed by atoms with Crippen LogP contribution in [0.15, 0.2) is 0 Å². The van der Waals surface area contributed by atoms with E-state index in [1.807, 2.05) is 13.8 Å². The van der Waals surface area contributed by atoms with E-state index in [2.05, 4.69) is 0 Å². The van der Waals surface area contributed by atoms with Gasteiger partial charge in [-0.15, -0.1) is 0 Å². The van der Waals surface area contributed by atoms with Gasteiger partial charge in [0.05, 0.1) is 12.1 Å². The second-order valence-corrected chi connectivity index (χ2v) is 6.13. The predicted octanol–water partition coefficient (Wildman–Crippen LogP) is 0.949. The van der Waals surface area contributed by atoms with Gasteiger partial charge in [0.1, 0.15) is 0 Å². The van der Waals surface area contributed by atoms with Crippen LogP contribution in [0.5, 0.6) is 0 Å². The lowest BCUT2D eigenvalue weighted by molar-refractivity contribution is -0.156. The van der Waals surface area contributed by atoms with E-state index in [1.165, 1.54) is 4.90 Å². The second kappa shape index (κ2) is 5.36. The zero-order valence-electron chi connectivity index (χ0n) is 11.7. The van der Waals surface area contributed by atoms with Gasteiger partial charge in [0.25, 0.3) is 0 Å². The lowest BCUT2D eigenvalue weighted by atomic mass is 9.81. The minimum Gasteiger partial charge on any atom is -0.388 e. The first-order chi connectivity index (χ1) is 8.17. The molecule has 0 aromatic rings. The van der Waals surface area contributed by atoms with Crippen LogP contribution in [0.2, 0.25) is 0 Å². The van der Waals surface area contributed by atoms with Gasteiger partial charge in [-0.2, -0.15) is 0 Å². The van der Waals surface area contributed by atoms with Crippen molar-refractivity contribution in [1.82, 2.24) is 4.90 Å². The molecule has 0 bridgehead atoms. The van der Waals surface area contributed by atoms with Crippen molar-refractivity contribution < 1.29 is 19.4 Å². The number of aliphatic hydroxyl groups is 1. The van der Waals surface area contributed by atoms with E-state index in [1.54, 1.807) is 14.0 Å². The fraction of sp³-hybridized carbons (Fsp3) is 0.846. The van der Waals surface area contributed by atoms with E-state index < -0.39 is 5.60 Å². The Morgan fingerprint density at radius 2 is 1.83 bits per heavy atom. The quantitative estimate of drug-likeness (QED) is 0.745. The highest BCUT2D eigenvalue weighted by Crippen LogP contribution is 2.32. The zero-order valence-corrected chi connectivity index (χ0v) is 11.7. The molecule has 0 spiro atoms. The number of amides is 2. The SMILES string of the molecule is COCCC(C)(O)CN1C(=O)CC(C)(C)CC1=O. The van der Waals surface area contributed by atoms with Crippen LogP contribution in [0.25, 0.3) is 0 Å². The molecular formula is C13H23NO4. The van der Waals surface area contributed by atoms with Gasteiger partial charge in [-0.3, -0.25) is 14.5 Å². The summed E-state index contributed by atoms with van der Waals surface area (Å²) in [6.07, 6.45) is 1.09. The molecule has 1 N–H and O–H groups in total. The highest BCUT2D eigenvalue weighted by molar-refractivity contribution is 5.98. The lowest BCUT2D eigenvalue weighted by Gasteiger charge is -2.38. The Morgan fingerprint density at radius 1 is 1.33 bits per heavy atom. The van der Waals surface area contributed by atoms with Crippen molar-refractivity contribution in [3.05, 3.63) is 0 Å². The molecule has 0 aromatic heterocycles. The molecule has 104 valence electrons. The van der Waals surface area contributed by atoms with Gasteiger partial charge in [0.15, 0.2) is 0 Å².